The van der Waals surface area contributed by atoms with Crippen LogP contribution < -0.4 is 5.32 Å². The van der Waals surface area contributed by atoms with Crippen molar-refractivity contribution in [3.63, 3.8) is 0 Å². The molecule has 1 aliphatic rings. The van der Waals surface area contributed by atoms with Crippen LogP contribution in [0.3, 0.4) is 0 Å². The Morgan fingerprint density at radius 2 is 1.67 bits per heavy atom. The first-order valence-corrected chi connectivity index (χ1v) is 7.51. The Hall–Kier alpha value is -1.84. The molecule has 4 heteroatoms. The van der Waals surface area contributed by atoms with Crippen LogP contribution in [0.2, 0.25) is 0 Å². The van der Waals surface area contributed by atoms with Crippen molar-refractivity contribution in [2.75, 3.05) is 0 Å². The van der Waals surface area contributed by atoms with E-state index in [0.29, 0.717) is 12.0 Å². The van der Waals surface area contributed by atoms with Crippen LogP contribution in [0.1, 0.15) is 52.7 Å². The molecule has 0 bridgehead atoms. The molecule has 0 radical (unpaired) electrons. The summed E-state index contributed by atoms with van der Waals surface area (Å²) < 4.78 is 0. The molecule has 1 aromatic rings. The minimum atomic E-state index is -0.808. The summed E-state index contributed by atoms with van der Waals surface area (Å²) in [6.45, 7) is 5.85. The standard InChI is InChI=1S/C17H23NO3/c1-10-8-11(2)15(12(3)9-10)16(19)18-14-7-5-4-6-13(14)17(20)21/h8-9,13-14H,4-7H2,1-3H3,(H,18,19)(H,20,21). The van der Waals surface area contributed by atoms with Gasteiger partial charge in [0.15, 0.2) is 0 Å². The number of benzene rings is 1. The maximum atomic E-state index is 12.5. The van der Waals surface area contributed by atoms with Gasteiger partial charge < -0.3 is 10.4 Å². The van der Waals surface area contributed by atoms with E-state index in [4.69, 9.17) is 0 Å². The Morgan fingerprint density at radius 1 is 1.10 bits per heavy atom. The molecule has 2 atom stereocenters. The Balaban J connectivity index is 2.19. The normalized spacial score (nSPS) is 21.9. The topological polar surface area (TPSA) is 66.4 Å². The van der Waals surface area contributed by atoms with Crippen LogP contribution in [0, 0.1) is 26.7 Å². The van der Waals surface area contributed by atoms with Crippen molar-refractivity contribution in [3.05, 3.63) is 34.4 Å². The fraction of sp³-hybridized carbons (Fsp3) is 0.529. The lowest BCUT2D eigenvalue weighted by molar-refractivity contribution is -0.143. The first-order valence-electron chi connectivity index (χ1n) is 7.51. The molecule has 21 heavy (non-hydrogen) atoms. The molecule has 1 saturated carbocycles. The van der Waals surface area contributed by atoms with Gasteiger partial charge in [-0.25, -0.2) is 0 Å². The number of carbonyl (C=O) groups excluding carboxylic acids is 1. The van der Waals surface area contributed by atoms with E-state index in [0.717, 1.165) is 36.0 Å². The third-order valence-electron chi connectivity index (χ3n) is 4.30. The summed E-state index contributed by atoms with van der Waals surface area (Å²) in [4.78, 5) is 23.8. The van der Waals surface area contributed by atoms with Crippen molar-refractivity contribution < 1.29 is 14.7 Å². The highest BCUT2D eigenvalue weighted by Gasteiger charge is 2.32. The Morgan fingerprint density at radius 3 is 2.24 bits per heavy atom. The number of amides is 1. The van der Waals surface area contributed by atoms with Crippen molar-refractivity contribution in [2.24, 2.45) is 5.92 Å². The predicted molar refractivity (Wildman–Crippen MR) is 81.5 cm³/mol. The highest BCUT2D eigenvalue weighted by atomic mass is 16.4. The summed E-state index contributed by atoms with van der Waals surface area (Å²) in [5.74, 6) is -1.42. The molecule has 1 fully saturated rings. The van der Waals surface area contributed by atoms with Crippen LogP contribution in [0.15, 0.2) is 12.1 Å². The zero-order chi connectivity index (χ0) is 15.6. The van der Waals surface area contributed by atoms with Gasteiger partial charge in [0.25, 0.3) is 5.91 Å². The third-order valence-corrected chi connectivity index (χ3v) is 4.30. The molecule has 2 N–H and O–H groups in total. The molecular weight excluding hydrogens is 266 g/mol. The minimum absolute atomic E-state index is 0.150. The Labute approximate surface area is 125 Å². The number of aryl methyl sites for hydroxylation is 3. The lowest BCUT2D eigenvalue weighted by atomic mass is 9.84. The van der Waals surface area contributed by atoms with E-state index in [2.05, 4.69) is 5.32 Å². The highest BCUT2D eigenvalue weighted by Crippen LogP contribution is 2.25. The second kappa shape index (κ2) is 6.29. The number of rotatable bonds is 3. The maximum Gasteiger partial charge on any atom is 0.308 e. The minimum Gasteiger partial charge on any atom is -0.481 e. The fourth-order valence-corrected chi connectivity index (χ4v) is 3.38. The van der Waals surface area contributed by atoms with Crippen molar-refractivity contribution >= 4 is 11.9 Å². The van der Waals surface area contributed by atoms with Gasteiger partial charge in [-0.1, -0.05) is 30.5 Å². The second-order valence-electron chi connectivity index (χ2n) is 6.08. The number of hydrogen-bond acceptors (Lipinski definition) is 2. The van der Waals surface area contributed by atoms with Gasteiger partial charge in [-0.15, -0.1) is 0 Å². The first-order chi connectivity index (χ1) is 9.90. The lowest BCUT2D eigenvalue weighted by Gasteiger charge is -2.29. The van der Waals surface area contributed by atoms with Crippen LogP contribution in [0.5, 0.6) is 0 Å². The predicted octanol–water partition coefficient (Wildman–Crippen LogP) is 2.99. The molecule has 1 amide bonds. The van der Waals surface area contributed by atoms with E-state index < -0.39 is 11.9 Å². The first kappa shape index (κ1) is 15.5. The molecule has 1 aliphatic carbocycles. The highest BCUT2D eigenvalue weighted by molar-refractivity contribution is 5.97. The van der Waals surface area contributed by atoms with Crippen LogP contribution >= 0.6 is 0 Å². The molecular formula is C17H23NO3. The molecule has 2 rings (SSSR count). The van der Waals surface area contributed by atoms with Gasteiger partial charge in [0.2, 0.25) is 0 Å². The average Bonchev–Trinajstić information content (AvgIpc) is 2.37. The SMILES string of the molecule is Cc1cc(C)c(C(=O)NC2CCCCC2C(=O)O)c(C)c1. The molecule has 4 nitrogen and oxygen atoms in total. The van der Waals surface area contributed by atoms with Crippen LogP contribution in [0.4, 0.5) is 0 Å². The summed E-state index contributed by atoms with van der Waals surface area (Å²) in [5.41, 5.74) is 3.68. The maximum absolute atomic E-state index is 12.5. The smallest absolute Gasteiger partial charge is 0.308 e. The van der Waals surface area contributed by atoms with Gasteiger partial charge in [0, 0.05) is 11.6 Å². The summed E-state index contributed by atoms with van der Waals surface area (Å²) in [6, 6.07) is 3.71. The third kappa shape index (κ3) is 3.43. The number of carboxylic acids is 1. The monoisotopic (exact) mass is 289 g/mol. The van der Waals surface area contributed by atoms with Crippen LogP contribution in [0.25, 0.3) is 0 Å². The Bertz CT molecular complexity index is 542. The molecule has 0 aromatic heterocycles. The summed E-state index contributed by atoms with van der Waals surface area (Å²) >= 11 is 0. The second-order valence-corrected chi connectivity index (χ2v) is 6.08. The summed E-state index contributed by atoms with van der Waals surface area (Å²) in [7, 11) is 0. The fourth-order valence-electron chi connectivity index (χ4n) is 3.38. The van der Waals surface area contributed by atoms with E-state index in [1.54, 1.807) is 0 Å². The summed E-state index contributed by atoms with van der Waals surface area (Å²) in [5, 5.41) is 12.2. The number of hydrogen-bond donors (Lipinski definition) is 2. The van der Waals surface area contributed by atoms with Gasteiger partial charge in [-0.05, 0) is 44.7 Å². The number of aliphatic carboxylic acids is 1. The number of carboxylic acid groups (broad SMARTS) is 1. The molecule has 1 aromatic carbocycles. The van der Waals surface area contributed by atoms with Gasteiger partial charge in [-0.2, -0.15) is 0 Å². The molecule has 0 spiro atoms. The van der Waals surface area contributed by atoms with Crippen molar-refractivity contribution in [2.45, 2.75) is 52.5 Å². The zero-order valence-electron chi connectivity index (χ0n) is 12.9. The van der Waals surface area contributed by atoms with E-state index in [-0.39, 0.29) is 11.9 Å². The van der Waals surface area contributed by atoms with Gasteiger partial charge in [-0.3, -0.25) is 9.59 Å². The van der Waals surface area contributed by atoms with Gasteiger partial charge >= 0.3 is 5.97 Å². The van der Waals surface area contributed by atoms with Gasteiger partial charge in [0.05, 0.1) is 5.92 Å². The van der Waals surface area contributed by atoms with E-state index in [1.807, 2.05) is 32.9 Å². The molecule has 0 heterocycles. The van der Waals surface area contributed by atoms with Crippen molar-refractivity contribution in [3.8, 4) is 0 Å². The van der Waals surface area contributed by atoms with Crippen LogP contribution in [-0.4, -0.2) is 23.0 Å². The van der Waals surface area contributed by atoms with E-state index in [9.17, 15) is 14.7 Å². The van der Waals surface area contributed by atoms with Crippen molar-refractivity contribution in [1.82, 2.24) is 5.32 Å². The Kier molecular flexibility index (Phi) is 4.66. The van der Waals surface area contributed by atoms with E-state index in [1.165, 1.54) is 0 Å². The largest absolute Gasteiger partial charge is 0.481 e. The number of carbonyl (C=O) groups is 2. The molecule has 2 unspecified atom stereocenters. The molecule has 114 valence electrons. The molecule has 0 saturated heterocycles. The molecule has 0 aliphatic heterocycles. The average molecular weight is 289 g/mol. The van der Waals surface area contributed by atoms with E-state index >= 15 is 0 Å². The quantitative estimate of drug-likeness (QED) is 0.899. The van der Waals surface area contributed by atoms with Crippen LogP contribution in [-0.2, 0) is 4.79 Å². The lowest BCUT2D eigenvalue weighted by Crippen LogP contribution is -2.45. The number of nitrogens with one attached hydrogen (secondary N) is 1. The van der Waals surface area contributed by atoms with Gasteiger partial charge in [0.1, 0.15) is 0 Å². The summed E-state index contributed by atoms with van der Waals surface area (Å²) in [6.07, 6.45) is 3.28. The zero-order valence-corrected chi connectivity index (χ0v) is 12.9. The van der Waals surface area contributed by atoms with Crippen molar-refractivity contribution in [1.29, 1.82) is 0 Å².